The maximum absolute atomic E-state index is 13.9. The van der Waals surface area contributed by atoms with E-state index in [9.17, 15) is 19.4 Å². The third-order valence-electron chi connectivity index (χ3n) is 4.21. The number of alkyl halides is 1. The van der Waals surface area contributed by atoms with Crippen LogP contribution >= 0.6 is 0 Å². The highest BCUT2D eigenvalue weighted by molar-refractivity contribution is 5.82. The zero-order chi connectivity index (χ0) is 16.8. The highest BCUT2D eigenvalue weighted by atomic mass is 19.1. The molecule has 4 unspecified atom stereocenters. The monoisotopic (exact) mass is 324 g/mol. The highest BCUT2D eigenvalue weighted by Crippen LogP contribution is 2.22. The summed E-state index contributed by atoms with van der Waals surface area (Å²) in [4.78, 5) is 13.8. The molecule has 2 rings (SSSR count). The molecule has 1 saturated heterocycles. The number of rotatable bonds is 6. The summed E-state index contributed by atoms with van der Waals surface area (Å²) in [7, 11) is 0. The van der Waals surface area contributed by atoms with Crippen LogP contribution < -0.4 is 5.32 Å². The summed E-state index contributed by atoms with van der Waals surface area (Å²) >= 11 is 0. The number of likely N-dealkylation sites (N-methyl/N-ethyl adjacent to an activating group) is 1. The normalized spacial score (nSPS) is 28.5. The van der Waals surface area contributed by atoms with E-state index in [2.05, 4.69) is 5.32 Å². The summed E-state index contributed by atoms with van der Waals surface area (Å²) in [5.41, 5.74) is 1.18. The SMILES string of the molecule is CCNC(=O)C1C(O)C(F)C(O)CN1CCCc1ccccc1. The first-order valence-electron chi connectivity index (χ1n) is 8.10. The minimum absolute atomic E-state index is 0.0504. The minimum Gasteiger partial charge on any atom is -0.389 e. The maximum Gasteiger partial charge on any atom is 0.240 e. The zero-order valence-corrected chi connectivity index (χ0v) is 13.4. The molecule has 1 aliphatic heterocycles. The number of hydrogen-bond donors (Lipinski definition) is 3. The number of amides is 1. The molecule has 6 heteroatoms. The lowest BCUT2D eigenvalue weighted by Crippen LogP contribution is -2.64. The summed E-state index contributed by atoms with van der Waals surface area (Å²) in [6.45, 7) is 2.75. The van der Waals surface area contributed by atoms with E-state index >= 15 is 0 Å². The molecule has 0 saturated carbocycles. The quantitative estimate of drug-likeness (QED) is 0.712. The van der Waals surface area contributed by atoms with Crippen molar-refractivity contribution in [2.45, 2.75) is 44.2 Å². The van der Waals surface area contributed by atoms with Crippen LogP contribution in [0.2, 0.25) is 0 Å². The van der Waals surface area contributed by atoms with E-state index in [0.717, 1.165) is 12.8 Å². The summed E-state index contributed by atoms with van der Waals surface area (Å²) in [6, 6.07) is 8.98. The Morgan fingerprint density at radius 2 is 2.04 bits per heavy atom. The Balaban J connectivity index is 1.99. The fraction of sp³-hybridized carbons (Fsp3) is 0.588. The van der Waals surface area contributed by atoms with Gasteiger partial charge in [0.25, 0.3) is 0 Å². The molecule has 1 aromatic rings. The number of halogens is 1. The Morgan fingerprint density at radius 1 is 1.35 bits per heavy atom. The average molecular weight is 324 g/mol. The molecule has 1 aliphatic rings. The van der Waals surface area contributed by atoms with E-state index in [1.807, 2.05) is 30.3 Å². The van der Waals surface area contributed by atoms with E-state index in [-0.39, 0.29) is 6.54 Å². The van der Waals surface area contributed by atoms with Gasteiger partial charge in [0.05, 0.1) is 0 Å². The molecule has 23 heavy (non-hydrogen) atoms. The molecule has 128 valence electrons. The van der Waals surface area contributed by atoms with Crippen molar-refractivity contribution >= 4 is 5.91 Å². The molecule has 5 nitrogen and oxygen atoms in total. The number of aliphatic hydroxyl groups is 2. The Morgan fingerprint density at radius 3 is 2.70 bits per heavy atom. The number of piperidine rings is 1. The largest absolute Gasteiger partial charge is 0.389 e. The first kappa shape index (κ1) is 17.8. The summed E-state index contributed by atoms with van der Waals surface area (Å²) in [5, 5.41) is 22.4. The maximum atomic E-state index is 13.9. The Labute approximate surface area is 136 Å². The van der Waals surface area contributed by atoms with Gasteiger partial charge in [-0.1, -0.05) is 30.3 Å². The van der Waals surface area contributed by atoms with Crippen molar-refractivity contribution in [1.29, 1.82) is 0 Å². The fourth-order valence-electron chi connectivity index (χ4n) is 3.03. The third kappa shape index (κ3) is 4.50. The Bertz CT molecular complexity index is 500. The molecule has 1 heterocycles. The molecule has 0 bridgehead atoms. The van der Waals surface area contributed by atoms with Crippen LogP contribution in [0.25, 0.3) is 0 Å². The second kappa shape index (κ2) is 8.38. The number of hydrogen-bond acceptors (Lipinski definition) is 4. The molecule has 4 atom stereocenters. The smallest absolute Gasteiger partial charge is 0.240 e. The first-order valence-corrected chi connectivity index (χ1v) is 8.10. The molecule has 1 amide bonds. The number of carbonyl (C=O) groups is 1. The number of aliphatic hydroxyl groups excluding tert-OH is 2. The van der Waals surface area contributed by atoms with Gasteiger partial charge in [-0.05, 0) is 31.9 Å². The van der Waals surface area contributed by atoms with Crippen molar-refractivity contribution in [2.24, 2.45) is 0 Å². The van der Waals surface area contributed by atoms with Crippen LogP contribution in [-0.2, 0) is 11.2 Å². The van der Waals surface area contributed by atoms with Gasteiger partial charge in [-0.3, -0.25) is 9.69 Å². The first-order chi connectivity index (χ1) is 11.0. The Hall–Kier alpha value is -1.50. The third-order valence-corrected chi connectivity index (χ3v) is 4.21. The summed E-state index contributed by atoms with van der Waals surface area (Å²) in [5.74, 6) is -0.394. The molecular formula is C17H25FN2O3. The van der Waals surface area contributed by atoms with E-state index in [1.54, 1.807) is 11.8 Å². The summed E-state index contributed by atoms with van der Waals surface area (Å²) < 4.78 is 13.9. The van der Waals surface area contributed by atoms with Crippen LogP contribution in [0.5, 0.6) is 0 Å². The molecule has 0 aromatic heterocycles. The van der Waals surface area contributed by atoms with Crippen molar-refractivity contribution in [3.8, 4) is 0 Å². The van der Waals surface area contributed by atoms with Gasteiger partial charge in [0.15, 0.2) is 6.17 Å². The van der Waals surface area contributed by atoms with E-state index in [0.29, 0.717) is 13.1 Å². The number of nitrogens with zero attached hydrogens (tertiary/aromatic N) is 1. The molecule has 0 spiro atoms. The Kier molecular flexibility index (Phi) is 6.50. The van der Waals surface area contributed by atoms with Gasteiger partial charge >= 0.3 is 0 Å². The van der Waals surface area contributed by atoms with E-state index in [4.69, 9.17) is 0 Å². The number of aryl methyl sites for hydroxylation is 1. The second-order valence-electron chi connectivity index (χ2n) is 5.93. The van der Waals surface area contributed by atoms with Gasteiger partial charge in [-0.25, -0.2) is 4.39 Å². The van der Waals surface area contributed by atoms with Crippen LogP contribution in [0.3, 0.4) is 0 Å². The lowest BCUT2D eigenvalue weighted by Gasteiger charge is -2.42. The second-order valence-corrected chi connectivity index (χ2v) is 5.93. The van der Waals surface area contributed by atoms with Crippen LogP contribution in [-0.4, -0.2) is 65.1 Å². The fourth-order valence-corrected chi connectivity index (χ4v) is 3.03. The zero-order valence-electron chi connectivity index (χ0n) is 13.4. The van der Waals surface area contributed by atoms with Crippen molar-refractivity contribution in [2.75, 3.05) is 19.6 Å². The van der Waals surface area contributed by atoms with Gasteiger partial charge in [0, 0.05) is 13.1 Å². The molecule has 0 radical (unpaired) electrons. The van der Waals surface area contributed by atoms with Crippen LogP contribution in [0, 0.1) is 0 Å². The summed E-state index contributed by atoms with van der Waals surface area (Å²) in [6.07, 6.45) is -3.00. The van der Waals surface area contributed by atoms with Gasteiger partial charge in [-0.15, -0.1) is 0 Å². The molecule has 1 fully saturated rings. The van der Waals surface area contributed by atoms with Crippen molar-refractivity contribution in [3.63, 3.8) is 0 Å². The van der Waals surface area contributed by atoms with Crippen molar-refractivity contribution in [1.82, 2.24) is 10.2 Å². The van der Waals surface area contributed by atoms with Gasteiger partial charge in [0.2, 0.25) is 5.91 Å². The molecule has 0 aliphatic carbocycles. The standard InChI is InChI=1S/C17H25FN2O3/c1-2-19-17(23)15-16(22)14(18)13(21)11-20(15)10-6-9-12-7-4-3-5-8-12/h3-5,7-8,13-16,21-22H,2,6,9-11H2,1H3,(H,19,23). The van der Waals surface area contributed by atoms with Crippen LogP contribution in [0.1, 0.15) is 18.9 Å². The lowest BCUT2D eigenvalue weighted by atomic mass is 9.93. The molecular weight excluding hydrogens is 299 g/mol. The predicted octanol–water partition coefficient (Wildman–Crippen LogP) is 0.499. The number of benzene rings is 1. The van der Waals surface area contributed by atoms with Gasteiger partial charge < -0.3 is 15.5 Å². The predicted molar refractivity (Wildman–Crippen MR) is 85.7 cm³/mol. The highest BCUT2D eigenvalue weighted by Gasteiger charge is 2.45. The van der Waals surface area contributed by atoms with Gasteiger partial charge in [0.1, 0.15) is 18.2 Å². The van der Waals surface area contributed by atoms with E-state index in [1.165, 1.54) is 5.56 Å². The topological polar surface area (TPSA) is 72.8 Å². The minimum atomic E-state index is -1.80. The van der Waals surface area contributed by atoms with Gasteiger partial charge in [-0.2, -0.15) is 0 Å². The number of β-amino-alcohol motifs (C(OH)–C–C–N with tert-alkyl or cyclic N) is 1. The van der Waals surface area contributed by atoms with Crippen molar-refractivity contribution in [3.05, 3.63) is 35.9 Å². The lowest BCUT2D eigenvalue weighted by molar-refractivity contribution is -0.146. The molecule has 1 aromatic carbocycles. The average Bonchev–Trinajstić information content (AvgIpc) is 2.54. The number of carbonyl (C=O) groups excluding carboxylic acids is 1. The van der Waals surface area contributed by atoms with Crippen molar-refractivity contribution < 1.29 is 19.4 Å². The number of nitrogens with one attached hydrogen (secondary N) is 1. The molecule has 3 N–H and O–H groups in total. The van der Waals surface area contributed by atoms with Crippen LogP contribution in [0.4, 0.5) is 4.39 Å². The van der Waals surface area contributed by atoms with Crippen LogP contribution in [0.15, 0.2) is 30.3 Å². The van der Waals surface area contributed by atoms with E-state index < -0.39 is 30.3 Å². The number of likely N-dealkylation sites (tertiary alicyclic amines) is 1.